The lowest BCUT2D eigenvalue weighted by Crippen LogP contribution is -2.48. The lowest BCUT2D eigenvalue weighted by atomic mass is 9.67. The standard InChI is InChI=1S/C18H30BrNO/c19-11-4-12-20(17-7-3-8-17)18(21)16-10-9-14-5-1-2-6-15(14)13-16/h14-17H,1-13H2. The van der Waals surface area contributed by atoms with E-state index in [9.17, 15) is 4.79 Å². The molecule has 21 heavy (non-hydrogen) atoms. The van der Waals surface area contributed by atoms with Gasteiger partial charge in [-0.25, -0.2) is 0 Å². The van der Waals surface area contributed by atoms with E-state index in [2.05, 4.69) is 20.8 Å². The van der Waals surface area contributed by atoms with Crippen LogP contribution in [0.5, 0.6) is 0 Å². The van der Waals surface area contributed by atoms with E-state index < -0.39 is 0 Å². The van der Waals surface area contributed by atoms with Gasteiger partial charge in [0.15, 0.2) is 0 Å². The highest BCUT2D eigenvalue weighted by molar-refractivity contribution is 9.09. The smallest absolute Gasteiger partial charge is 0.225 e. The first-order valence-corrected chi connectivity index (χ1v) is 10.3. The van der Waals surface area contributed by atoms with Crippen molar-refractivity contribution >= 4 is 21.8 Å². The lowest BCUT2D eigenvalue weighted by Gasteiger charge is -2.43. The minimum atomic E-state index is 0.347. The maximum absolute atomic E-state index is 13.0. The van der Waals surface area contributed by atoms with E-state index in [-0.39, 0.29) is 0 Å². The van der Waals surface area contributed by atoms with Crippen LogP contribution in [0.4, 0.5) is 0 Å². The number of amides is 1. The molecule has 0 spiro atoms. The molecular formula is C18H30BrNO. The van der Waals surface area contributed by atoms with Gasteiger partial charge in [0, 0.05) is 23.8 Å². The lowest BCUT2D eigenvalue weighted by molar-refractivity contribution is -0.142. The highest BCUT2D eigenvalue weighted by Crippen LogP contribution is 2.43. The van der Waals surface area contributed by atoms with Crippen molar-refractivity contribution in [1.82, 2.24) is 4.90 Å². The quantitative estimate of drug-likeness (QED) is 0.651. The van der Waals surface area contributed by atoms with E-state index in [0.29, 0.717) is 17.9 Å². The molecule has 0 aliphatic heterocycles. The second kappa shape index (κ2) is 7.48. The van der Waals surface area contributed by atoms with Crippen molar-refractivity contribution in [3.63, 3.8) is 0 Å². The monoisotopic (exact) mass is 355 g/mol. The van der Waals surface area contributed by atoms with Gasteiger partial charge in [0.2, 0.25) is 5.91 Å². The Balaban J connectivity index is 1.59. The summed E-state index contributed by atoms with van der Waals surface area (Å²) in [6, 6.07) is 0.570. The van der Waals surface area contributed by atoms with Crippen molar-refractivity contribution in [3.05, 3.63) is 0 Å². The molecular weight excluding hydrogens is 326 g/mol. The van der Waals surface area contributed by atoms with E-state index in [0.717, 1.165) is 36.6 Å². The van der Waals surface area contributed by atoms with Crippen molar-refractivity contribution < 1.29 is 4.79 Å². The van der Waals surface area contributed by atoms with Crippen LogP contribution in [0, 0.1) is 17.8 Å². The zero-order valence-corrected chi connectivity index (χ0v) is 14.8. The van der Waals surface area contributed by atoms with Gasteiger partial charge in [0.05, 0.1) is 0 Å². The normalized spacial score (nSPS) is 33.1. The van der Waals surface area contributed by atoms with E-state index in [1.807, 2.05) is 0 Å². The van der Waals surface area contributed by atoms with Crippen molar-refractivity contribution in [1.29, 1.82) is 0 Å². The number of carbonyl (C=O) groups is 1. The average Bonchev–Trinajstić information content (AvgIpc) is 2.48. The molecule has 0 aromatic carbocycles. The van der Waals surface area contributed by atoms with E-state index in [1.165, 1.54) is 57.8 Å². The van der Waals surface area contributed by atoms with Crippen LogP contribution in [0.1, 0.15) is 70.6 Å². The fraction of sp³-hybridized carbons (Fsp3) is 0.944. The molecule has 0 saturated heterocycles. The van der Waals surface area contributed by atoms with Crippen LogP contribution < -0.4 is 0 Å². The number of rotatable bonds is 5. The number of hydrogen-bond donors (Lipinski definition) is 0. The zero-order chi connectivity index (χ0) is 14.7. The van der Waals surface area contributed by atoms with Crippen molar-refractivity contribution in [2.75, 3.05) is 11.9 Å². The Hall–Kier alpha value is -0.0500. The Bertz CT molecular complexity index is 355. The summed E-state index contributed by atoms with van der Waals surface area (Å²) in [7, 11) is 0. The van der Waals surface area contributed by atoms with Gasteiger partial charge in [-0.1, -0.05) is 41.6 Å². The van der Waals surface area contributed by atoms with Crippen LogP contribution in [0.2, 0.25) is 0 Å². The largest absolute Gasteiger partial charge is 0.339 e. The number of fused-ring (bicyclic) bond motifs is 1. The SMILES string of the molecule is O=C(C1CCC2CCCCC2C1)N(CCCBr)C1CCC1. The van der Waals surface area contributed by atoms with E-state index in [4.69, 9.17) is 0 Å². The molecule has 0 N–H and O–H groups in total. The molecule has 3 aliphatic rings. The first-order chi connectivity index (χ1) is 10.3. The predicted octanol–water partition coefficient (Wildman–Crippen LogP) is 4.76. The third kappa shape index (κ3) is 3.65. The van der Waals surface area contributed by atoms with E-state index >= 15 is 0 Å². The van der Waals surface area contributed by atoms with E-state index in [1.54, 1.807) is 0 Å². The summed E-state index contributed by atoms with van der Waals surface area (Å²) in [6.07, 6.45) is 14.2. The Morgan fingerprint density at radius 3 is 2.38 bits per heavy atom. The molecule has 3 aliphatic carbocycles. The van der Waals surface area contributed by atoms with Gasteiger partial charge in [-0.3, -0.25) is 4.79 Å². The van der Waals surface area contributed by atoms with Crippen LogP contribution in [0.25, 0.3) is 0 Å². The Labute approximate surface area is 138 Å². The molecule has 0 radical (unpaired) electrons. The molecule has 3 unspecified atom stereocenters. The first-order valence-electron chi connectivity index (χ1n) is 9.16. The summed E-state index contributed by atoms with van der Waals surface area (Å²) < 4.78 is 0. The predicted molar refractivity (Wildman–Crippen MR) is 90.6 cm³/mol. The average molecular weight is 356 g/mol. The van der Waals surface area contributed by atoms with Gasteiger partial charge < -0.3 is 4.90 Å². The fourth-order valence-corrected chi connectivity index (χ4v) is 4.98. The molecule has 3 fully saturated rings. The van der Waals surface area contributed by atoms with Gasteiger partial charge in [-0.05, 0) is 56.8 Å². The van der Waals surface area contributed by atoms with Crippen LogP contribution in [0.15, 0.2) is 0 Å². The minimum Gasteiger partial charge on any atom is -0.339 e. The van der Waals surface area contributed by atoms with Crippen LogP contribution in [-0.2, 0) is 4.79 Å². The molecule has 1 amide bonds. The minimum absolute atomic E-state index is 0.347. The summed E-state index contributed by atoms with van der Waals surface area (Å²) in [6.45, 7) is 0.972. The number of nitrogens with zero attached hydrogens (tertiary/aromatic N) is 1. The molecule has 0 aromatic heterocycles. The molecule has 2 nitrogen and oxygen atoms in total. The molecule has 3 atom stereocenters. The molecule has 0 heterocycles. The van der Waals surface area contributed by atoms with Crippen molar-refractivity contribution in [2.24, 2.45) is 17.8 Å². The summed E-state index contributed by atoms with van der Waals surface area (Å²) in [4.78, 5) is 15.3. The number of alkyl halides is 1. The fourth-order valence-electron chi connectivity index (χ4n) is 4.73. The maximum atomic E-state index is 13.0. The van der Waals surface area contributed by atoms with Crippen LogP contribution >= 0.6 is 15.9 Å². The Morgan fingerprint density at radius 1 is 0.952 bits per heavy atom. The number of halogens is 1. The van der Waals surface area contributed by atoms with Crippen LogP contribution in [-0.4, -0.2) is 28.7 Å². The van der Waals surface area contributed by atoms with Gasteiger partial charge in [0.1, 0.15) is 0 Å². The third-order valence-electron chi connectivity index (χ3n) is 6.22. The molecule has 3 heteroatoms. The summed E-state index contributed by atoms with van der Waals surface area (Å²) >= 11 is 3.52. The highest BCUT2D eigenvalue weighted by Gasteiger charge is 2.38. The van der Waals surface area contributed by atoms with Gasteiger partial charge in [-0.2, -0.15) is 0 Å². The summed E-state index contributed by atoms with van der Waals surface area (Å²) in [5.41, 5.74) is 0. The van der Waals surface area contributed by atoms with Crippen molar-refractivity contribution in [3.8, 4) is 0 Å². The summed E-state index contributed by atoms with van der Waals surface area (Å²) in [5.74, 6) is 2.66. The first kappa shape index (κ1) is 15.8. The number of hydrogen-bond acceptors (Lipinski definition) is 1. The van der Waals surface area contributed by atoms with Crippen molar-refractivity contribution in [2.45, 2.75) is 76.7 Å². The Morgan fingerprint density at radius 2 is 1.71 bits per heavy atom. The second-order valence-electron chi connectivity index (χ2n) is 7.47. The number of carbonyl (C=O) groups excluding carboxylic acids is 1. The van der Waals surface area contributed by atoms with Gasteiger partial charge >= 0.3 is 0 Å². The molecule has 3 rings (SSSR count). The molecule has 3 saturated carbocycles. The van der Waals surface area contributed by atoms with Gasteiger partial charge in [-0.15, -0.1) is 0 Å². The molecule has 120 valence electrons. The topological polar surface area (TPSA) is 20.3 Å². The Kier molecular flexibility index (Phi) is 5.64. The van der Waals surface area contributed by atoms with Crippen LogP contribution in [0.3, 0.4) is 0 Å². The molecule has 0 bridgehead atoms. The third-order valence-corrected chi connectivity index (χ3v) is 6.78. The summed E-state index contributed by atoms with van der Waals surface area (Å²) in [5, 5.41) is 1.01. The van der Waals surface area contributed by atoms with Gasteiger partial charge in [0.25, 0.3) is 0 Å². The molecule has 0 aromatic rings. The maximum Gasteiger partial charge on any atom is 0.225 e. The second-order valence-corrected chi connectivity index (χ2v) is 8.27. The highest BCUT2D eigenvalue weighted by atomic mass is 79.9. The zero-order valence-electron chi connectivity index (χ0n) is 13.2.